The molecule has 1 heterocycles. The summed E-state index contributed by atoms with van der Waals surface area (Å²) in [7, 11) is 1.60. The van der Waals surface area contributed by atoms with Crippen LogP contribution in [0, 0.1) is 0 Å². The van der Waals surface area contributed by atoms with E-state index in [0.29, 0.717) is 6.42 Å². The molecule has 1 aromatic rings. The van der Waals surface area contributed by atoms with Gasteiger partial charge < -0.3 is 14.7 Å². The molecular formula is C12H15NO3. The summed E-state index contributed by atoms with van der Waals surface area (Å²) in [6.07, 6.45) is 1.61. The quantitative estimate of drug-likeness (QED) is 0.844. The van der Waals surface area contributed by atoms with Crippen molar-refractivity contribution in [2.24, 2.45) is 0 Å². The number of para-hydroxylation sites is 2. The third kappa shape index (κ3) is 1.83. The monoisotopic (exact) mass is 221 g/mol. The summed E-state index contributed by atoms with van der Waals surface area (Å²) >= 11 is 0. The van der Waals surface area contributed by atoms with Crippen LogP contribution in [0.3, 0.4) is 0 Å². The third-order valence-corrected chi connectivity index (χ3v) is 2.93. The van der Waals surface area contributed by atoms with Crippen molar-refractivity contribution in [2.45, 2.75) is 18.9 Å². The van der Waals surface area contributed by atoms with Gasteiger partial charge in [-0.25, -0.2) is 4.79 Å². The highest BCUT2D eigenvalue weighted by atomic mass is 16.5. The Balaban J connectivity index is 2.32. The Labute approximate surface area is 94.4 Å². The number of nitrogens with zero attached hydrogens (tertiary/aromatic N) is 1. The van der Waals surface area contributed by atoms with Gasteiger partial charge >= 0.3 is 5.97 Å². The molecule has 0 aromatic heterocycles. The first kappa shape index (κ1) is 10.8. The van der Waals surface area contributed by atoms with Crippen LogP contribution in [0.2, 0.25) is 0 Å². The predicted molar refractivity (Wildman–Crippen MR) is 61.0 cm³/mol. The van der Waals surface area contributed by atoms with Crippen LogP contribution in [0.5, 0.6) is 5.75 Å². The molecule has 1 atom stereocenters. The summed E-state index contributed by atoms with van der Waals surface area (Å²) in [6.45, 7) is 0.775. The average Bonchev–Trinajstić information content (AvgIpc) is 2.77. The standard InChI is InChI=1S/C12H15NO3/c1-16-11-7-3-2-5-9(11)13-8-4-6-10(13)12(14)15/h2-3,5,7,10H,4,6,8H2,1H3,(H,14,15). The van der Waals surface area contributed by atoms with Crippen LogP contribution in [0.4, 0.5) is 5.69 Å². The fourth-order valence-electron chi connectivity index (χ4n) is 2.18. The molecule has 0 radical (unpaired) electrons. The molecule has 0 saturated carbocycles. The minimum absolute atomic E-state index is 0.420. The van der Waals surface area contributed by atoms with Crippen molar-refractivity contribution >= 4 is 11.7 Å². The van der Waals surface area contributed by atoms with Gasteiger partial charge in [-0.3, -0.25) is 0 Å². The Morgan fingerprint density at radius 1 is 1.50 bits per heavy atom. The van der Waals surface area contributed by atoms with Gasteiger partial charge in [-0.05, 0) is 25.0 Å². The van der Waals surface area contributed by atoms with E-state index in [1.54, 1.807) is 7.11 Å². The van der Waals surface area contributed by atoms with Crippen molar-refractivity contribution in [3.05, 3.63) is 24.3 Å². The molecule has 1 aromatic carbocycles. The lowest BCUT2D eigenvalue weighted by atomic mass is 10.2. The van der Waals surface area contributed by atoms with E-state index in [2.05, 4.69) is 0 Å². The van der Waals surface area contributed by atoms with Gasteiger partial charge in [0.15, 0.2) is 0 Å². The van der Waals surface area contributed by atoms with Gasteiger partial charge in [0.25, 0.3) is 0 Å². The van der Waals surface area contributed by atoms with E-state index in [-0.39, 0.29) is 0 Å². The Morgan fingerprint density at radius 3 is 2.94 bits per heavy atom. The largest absolute Gasteiger partial charge is 0.495 e. The summed E-state index contributed by atoms with van der Waals surface area (Å²) in [4.78, 5) is 13.0. The number of carboxylic acid groups (broad SMARTS) is 1. The minimum Gasteiger partial charge on any atom is -0.495 e. The molecule has 0 amide bonds. The number of methoxy groups -OCH3 is 1. The molecule has 0 bridgehead atoms. The number of anilines is 1. The maximum Gasteiger partial charge on any atom is 0.326 e. The van der Waals surface area contributed by atoms with Crippen molar-refractivity contribution in [1.82, 2.24) is 0 Å². The van der Waals surface area contributed by atoms with E-state index in [1.165, 1.54) is 0 Å². The van der Waals surface area contributed by atoms with Crippen LogP contribution in [-0.4, -0.2) is 30.8 Å². The summed E-state index contributed by atoms with van der Waals surface area (Å²) in [5.41, 5.74) is 0.870. The van der Waals surface area contributed by atoms with Crippen LogP contribution in [0.1, 0.15) is 12.8 Å². The zero-order valence-corrected chi connectivity index (χ0v) is 9.22. The van der Waals surface area contributed by atoms with Gasteiger partial charge in [-0.2, -0.15) is 0 Å². The molecule has 16 heavy (non-hydrogen) atoms. The normalized spacial score (nSPS) is 19.8. The third-order valence-electron chi connectivity index (χ3n) is 2.93. The zero-order chi connectivity index (χ0) is 11.5. The number of benzene rings is 1. The summed E-state index contributed by atoms with van der Waals surface area (Å²) in [5, 5.41) is 9.13. The first-order valence-electron chi connectivity index (χ1n) is 5.36. The Morgan fingerprint density at radius 2 is 2.25 bits per heavy atom. The first-order valence-corrected chi connectivity index (χ1v) is 5.36. The fraction of sp³-hybridized carbons (Fsp3) is 0.417. The van der Waals surface area contributed by atoms with E-state index >= 15 is 0 Å². The number of aliphatic carboxylic acids is 1. The highest BCUT2D eigenvalue weighted by Crippen LogP contribution is 2.33. The maximum absolute atomic E-state index is 11.1. The Hall–Kier alpha value is -1.71. The molecule has 1 aliphatic heterocycles. The average molecular weight is 221 g/mol. The fourth-order valence-corrected chi connectivity index (χ4v) is 2.18. The van der Waals surface area contributed by atoms with Crippen LogP contribution in [0.15, 0.2) is 24.3 Å². The van der Waals surface area contributed by atoms with Crippen LogP contribution >= 0.6 is 0 Å². The summed E-state index contributed by atoms with van der Waals surface area (Å²) < 4.78 is 5.25. The lowest BCUT2D eigenvalue weighted by molar-refractivity contribution is -0.138. The van der Waals surface area contributed by atoms with Crippen molar-refractivity contribution in [3.63, 3.8) is 0 Å². The molecule has 1 unspecified atom stereocenters. The Bertz CT molecular complexity index is 392. The van der Waals surface area contributed by atoms with Gasteiger partial charge in [0.1, 0.15) is 11.8 Å². The van der Waals surface area contributed by atoms with Crippen molar-refractivity contribution in [1.29, 1.82) is 0 Å². The van der Waals surface area contributed by atoms with E-state index in [1.807, 2.05) is 29.2 Å². The molecule has 1 aliphatic rings. The molecule has 0 spiro atoms. The second kappa shape index (κ2) is 4.43. The first-order chi connectivity index (χ1) is 7.74. The second-order valence-electron chi connectivity index (χ2n) is 3.86. The molecule has 0 aliphatic carbocycles. The molecule has 86 valence electrons. The number of carboxylic acids is 1. The SMILES string of the molecule is COc1ccccc1N1CCCC1C(=O)O. The number of hydrogen-bond acceptors (Lipinski definition) is 3. The molecule has 1 fully saturated rings. The van der Waals surface area contributed by atoms with Crippen molar-refractivity contribution < 1.29 is 14.6 Å². The van der Waals surface area contributed by atoms with Gasteiger partial charge in [-0.15, -0.1) is 0 Å². The number of carbonyl (C=O) groups is 1. The van der Waals surface area contributed by atoms with Gasteiger partial charge in [0.05, 0.1) is 12.8 Å². The number of ether oxygens (including phenoxy) is 1. The molecule has 4 nitrogen and oxygen atoms in total. The smallest absolute Gasteiger partial charge is 0.326 e. The lowest BCUT2D eigenvalue weighted by Gasteiger charge is -2.25. The van der Waals surface area contributed by atoms with Gasteiger partial charge in [0.2, 0.25) is 0 Å². The zero-order valence-electron chi connectivity index (χ0n) is 9.22. The second-order valence-corrected chi connectivity index (χ2v) is 3.86. The van der Waals surface area contributed by atoms with E-state index in [0.717, 1.165) is 24.4 Å². The Kier molecular flexibility index (Phi) is 2.99. The molecule has 1 saturated heterocycles. The molecule has 1 N–H and O–H groups in total. The van der Waals surface area contributed by atoms with Crippen LogP contribution in [0.25, 0.3) is 0 Å². The maximum atomic E-state index is 11.1. The number of hydrogen-bond donors (Lipinski definition) is 1. The van der Waals surface area contributed by atoms with E-state index in [9.17, 15) is 4.79 Å². The topological polar surface area (TPSA) is 49.8 Å². The van der Waals surface area contributed by atoms with Gasteiger partial charge in [0, 0.05) is 6.54 Å². The molecular weight excluding hydrogens is 206 g/mol. The van der Waals surface area contributed by atoms with Gasteiger partial charge in [-0.1, -0.05) is 12.1 Å². The highest BCUT2D eigenvalue weighted by Gasteiger charge is 2.31. The van der Waals surface area contributed by atoms with Crippen molar-refractivity contribution in [3.8, 4) is 5.75 Å². The summed E-state index contributed by atoms with van der Waals surface area (Å²) in [5.74, 6) is -0.0287. The highest BCUT2D eigenvalue weighted by molar-refractivity contribution is 5.80. The summed E-state index contributed by atoms with van der Waals surface area (Å²) in [6, 6.07) is 7.12. The minimum atomic E-state index is -0.761. The van der Waals surface area contributed by atoms with Crippen LogP contribution < -0.4 is 9.64 Å². The molecule has 4 heteroatoms. The number of rotatable bonds is 3. The molecule has 2 rings (SSSR count). The van der Waals surface area contributed by atoms with E-state index < -0.39 is 12.0 Å². The van der Waals surface area contributed by atoms with E-state index in [4.69, 9.17) is 9.84 Å². The lowest BCUT2D eigenvalue weighted by Crippen LogP contribution is -2.36. The predicted octanol–water partition coefficient (Wildman–Crippen LogP) is 1.75. The van der Waals surface area contributed by atoms with Crippen molar-refractivity contribution in [2.75, 3.05) is 18.6 Å². The van der Waals surface area contributed by atoms with Crippen LogP contribution in [-0.2, 0) is 4.79 Å².